The maximum absolute atomic E-state index is 14.7. The van der Waals surface area contributed by atoms with Crippen molar-refractivity contribution in [1.82, 2.24) is 4.57 Å². The Morgan fingerprint density at radius 1 is 1.33 bits per heavy atom. The highest BCUT2D eigenvalue weighted by molar-refractivity contribution is 9.10. The number of aryl methyl sites for hydroxylation is 1. The first kappa shape index (κ1) is 18.8. The van der Waals surface area contributed by atoms with E-state index < -0.39 is 11.9 Å². The number of carbonyl (C=O) groups is 1. The predicted octanol–water partition coefficient (Wildman–Crippen LogP) is 6.56. The van der Waals surface area contributed by atoms with E-state index in [2.05, 4.69) is 15.9 Å². The fraction of sp³-hybridized carbons (Fsp3) is 0.250. The normalized spacial score (nSPS) is 17.3. The van der Waals surface area contributed by atoms with Gasteiger partial charge in [-0.3, -0.25) is 4.79 Å². The smallest absolute Gasteiger partial charge is 0.306 e. The van der Waals surface area contributed by atoms with Gasteiger partial charge in [-0.25, -0.2) is 4.39 Å². The van der Waals surface area contributed by atoms with E-state index >= 15 is 0 Å². The van der Waals surface area contributed by atoms with Crippen LogP contribution >= 0.6 is 39.3 Å². The number of rotatable bonds is 4. The van der Waals surface area contributed by atoms with Gasteiger partial charge in [0.05, 0.1) is 11.4 Å². The molecule has 1 aliphatic rings. The summed E-state index contributed by atoms with van der Waals surface area (Å²) in [7, 11) is 0. The zero-order valence-electron chi connectivity index (χ0n) is 14.4. The van der Waals surface area contributed by atoms with Gasteiger partial charge in [0, 0.05) is 42.8 Å². The number of hydrogen-bond acceptors (Lipinski definition) is 2. The Balaban J connectivity index is 1.95. The second kappa shape index (κ2) is 7.15. The van der Waals surface area contributed by atoms with Gasteiger partial charge in [-0.05, 0) is 42.8 Å². The summed E-state index contributed by atoms with van der Waals surface area (Å²) in [5, 5.41) is 11.0. The van der Waals surface area contributed by atoms with Crippen LogP contribution in [0.25, 0.3) is 10.9 Å². The summed E-state index contributed by atoms with van der Waals surface area (Å²) in [5.41, 5.74) is 1.45. The van der Waals surface area contributed by atoms with E-state index in [1.165, 1.54) is 17.8 Å². The van der Waals surface area contributed by atoms with Gasteiger partial charge in [-0.15, -0.1) is 0 Å². The summed E-state index contributed by atoms with van der Waals surface area (Å²) >= 11 is 11.1. The van der Waals surface area contributed by atoms with Crippen molar-refractivity contribution in [3.63, 3.8) is 0 Å². The van der Waals surface area contributed by atoms with Crippen LogP contribution in [0.2, 0.25) is 5.02 Å². The van der Waals surface area contributed by atoms with Gasteiger partial charge < -0.3 is 9.67 Å². The Kier molecular flexibility index (Phi) is 4.99. The average Bonchev–Trinajstić information content (AvgIpc) is 3.19. The first-order chi connectivity index (χ1) is 12.9. The van der Waals surface area contributed by atoms with Crippen molar-refractivity contribution in [2.45, 2.75) is 35.6 Å². The molecule has 1 aliphatic heterocycles. The van der Waals surface area contributed by atoms with Crippen molar-refractivity contribution < 1.29 is 14.3 Å². The number of carboxylic acids is 1. The Morgan fingerprint density at radius 3 is 2.70 bits per heavy atom. The van der Waals surface area contributed by atoms with Gasteiger partial charge in [0.15, 0.2) is 0 Å². The SMILES string of the molecule is CC(C(=O)O)C1CCn2c1c(Sc1ccc(Cl)cc1)c1c(Br)ccc(F)c12. The molecule has 140 valence electrons. The molecular formula is C20H16BrClFNO2S. The van der Waals surface area contributed by atoms with Crippen LogP contribution in [0, 0.1) is 11.7 Å². The van der Waals surface area contributed by atoms with Gasteiger partial charge in [0.25, 0.3) is 0 Å². The molecule has 3 nitrogen and oxygen atoms in total. The van der Waals surface area contributed by atoms with Gasteiger partial charge in [0.1, 0.15) is 5.82 Å². The summed E-state index contributed by atoms with van der Waals surface area (Å²) in [4.78, 5) is 13.5. The molecule has 27 heavy (non-hydrogen) atoms. The number of benzene rings is 2. The second-order valence-electron chi connectivity index (χ2n) is 6.70. The number of halogens is 3. The van der Waals surface area contributed by atoms with E-state index in [4.69, 9.17) is 11.6 Å². The van der Waals surface area contributed by atoms with Crippen LogP contribution in [-0.2, 0) is 11.3 Å². The van der Waals surface area contributed by atoms with Crippen molar-refractivity contribution >= 4 is 56.2 Å². The molecular weight excluding hydrogens is 453 g/mol. The van der Waals surface area contributed by atoms with Crippen LogP contribution in [0.3, 0.4) is 0 Å². The number of nitrogens with zero attached hydrogens (tertiary/aromatic N) is 1. The van der Waals surface area contributed by atoms with Crippen LogP contribution in [0.1, 0.15) is 25.0 Å². The van der Waals surface area contributed by atoms with E-state index in [9.17, 15) is 14.3 Å². The molecule has 4 rings (SSSR count). The Morgan fingerprint density at radius 2 is 2.04 bits per heavy atom. The number of fused-ring (bicyclic) bond motifs is 3. The van der Waals surface area contributed by atoms with Gasteiger partial charge in [0.2, 0.25) is 0 Å². The van der Waals surface area contributed by atoms with E-state index in [1.807, 2.05) is 28.8 Å². The maximum atomic E-state index is 14.7. The number of aromatic nitrogens is 1. The van der Waals surface area contributed by atoms with E-state index in [0.717, 1.165) is 25.3 Å². The molecule has 7 heteroatoms. The van der Waals surface area contributed by atoms with E-state index in [-0.39, 0.29) is 11.7 Å². The minimum absolute atomic E-state index is 0.156. The lowest BCUT2D eigenvalue weighted by molar-refractivity contribution is -0.141. The molecule has 0 aliphatic carbocycles. The largest absolute Gasteiger partial charge is 0.481 e. The third-order valence-corrected chi connectivity index (χ3v) is 7.18. The third kappa shape index (κ3) is 3.18. The lowest BCUT2D eigenvalue weighted by Gasteiger charge is -2.16. The van der Waals surface area contributed by atoms with Crippen molar-refractivity contribution in [2.75, 3.05) is 0 Å². The monoisotopic (exact) mass is 467 g/mol. The number of carboxylic acid groups (broad SMARTS) is 1. The van der Waals surface area contributed by atoms with Crippen molar-refractivity contribution in [3.8, 4) is 0 Å². The summed E-state index contributed by atoms with van der Waals surface area (Å²) in [6.45, 7) is 2.34. The average molecular weight is 469 g/mol. The zero-order chi connectivity index (χ0) is 19.3. The molecule has 3 aromatic rings. The molecule has 1 N–H and O–H groups in total. The van der Waals surface area contributed by atoms with Crippen LogP contribution in [0.15, 0.2) is 50.7 Å². The summed E-state index contributed by atoms with van der Waals surface area (Å²) in [6, 6.07) is 10.6. The first-order valence-electron chi connectivity index (χ1n) is 8.54. The molecule has 1 aromatic heterocycles. The minimum Gasteiger partial charge on any atom is -0.481 e. The summed E-state index contributed by atoms with van der Waals surface area (Å²) < 4.78 is 17.5. The number of hydrogen-bond donors (Lipinski definition) is 1. The Bertz CT molecular complexity index is 1050. The van der Waals surface area contributed by atoms with Crippen molar-refractivity contribution in [2.24, 2.45) is 5.92 Å². The minimum atomic E-state index is -0.833. The molecule has 0 spiro atoms. The molecule has 2 aromatic carbocycles. The fourth-order valence-electron chi connectivity index (χ4n) is 3.78. The van der Waals surface area contributed by atoms with E-state index in [1.54, 1.807) is 13.0 Å². The van der Waals surface area contributed by atoms with Crippen LogP contribution in [0.5, 0.6) is 0 Å². The zero-order valence-corrected chi connectivity index (χ0v) is 17.5. The van der Waals surface area contributed by atoms with Gasteiger partial charge >= 0.3 is 5.97 Å². The molecule has 0 bridgehead atoms. The molecule has 0 amide bonds. The van der Waals surface area contributed by atoms with Gasteiger partial charge in [-0.2, -0.15) is 0 Å². The first-order valence-corrected chi connectivity index (χ1v) is 10.5. The van der Waals surface area contributed by atoms with E-state index in [0.29, 0.717) is 23.5 Å². The molecule has 2 atom stereocenters. The molecule has 2 unspecified atom stereocenters. The van der Waals surface area contributed by atoms with Crippen molar-refractivity contribution in [3.05, 3.63) is 57.4 Å². The highest BCUT2D eigenvalue weighted by atomic mass is 79.9. The van der Waals surface area contributed by atoms with Gasteiger partial charge in [-0.1, -0.05) is 46.2 Å². The molecule has 0 radical (unpaired) electrons. The maximum Gasteiger partial charge on any atom is 0.306 e. The van der Waals surface area contributed by atoms with Crippen LogP contribution in [0.4, 0.5) is 4.39 Å². The lowest BCUT2D eigenvalue weighted by Crippen LogP contribution is -2.17. The van der Waals surface area contributed by atoms with Crippen LogP contribution < -0.4 is 0 Å². The summed E-state index contributed by atoms with van der Waals surface area (Å²) in [5.74, 6) is -1.82. The molecule has 0 fully saturated rings. The molecule has 0 saturated carbocycles. The highest BCUT2D eigenvalue weighted by Crippen LogP contribution is 2.50. The number of aliphatic carboxylic acids is 1. The topological polar surface area (TPSA) is 42.2 Å². The Hall–Kier alpha value is -1.50. The fourth-order valence-corrected chi connectivity index (χ4v) is 5.74. The Labute approximate surface area is 173 Å². The predicted molar refractivity (Wildman–Crippen MR) is 109 cm³/mol. The van der Waals surface area contributed by atoms with Crippen molar-refractivity contribution in [1.29, 1.82) is 0 Å². The standard InChI is InChI=1S/C20H16BrClFNO2S/c1-10(20(25)26)13-8-9-24-17(13)19(27-12-4-2-11(22)3-5-12)16-14(21)6-7-15(23)18(16)24/h2-7,10,13H,8-9H2,1H3,(H,25,26). The second-order valence-corrected chi connectivity index (χ2v) is 9.07. The lowest BCUT2D eigenvalue weighted by atomic mass is 9.90. The molecule has 2 heterocycles. The van der Waals surface area contributed by atoms with Crippen LogP contribution in [-0.4, -0.2) is 15.6 Å². The molecule has 0 saturated heterocycles. The third-order valence-electron chi connectivity index (χ3n) is 5.14. The highest BCUT2D eigenvalue weighted by Gasteiger charge is 2.37. The summed E-state index contributed by atoms with van der Waals surface area (Å²) in [6.07, 6.45) is 0.693. The quantitative estimate of drug-likeness (QED) is 0.472.